The van der Waals surface area contributed by atoms with E-state index in [4.69, 9.17) is 10.5 Å². The van der Waals surface area contributed by atoms with Crippen molar-refractivity contribution in [2.24, 2.45) is 10.7 Å². The van der Waals surface area contributed by atoms with E-state index in [0.29, 0.717) is 19.1 Å². The summed E-state index contributed by atoms with van der Waals surface area (Å²) in [5.41, 5.74) is 10.4. The Morgan fingerprint density at radius 3 is 2.22 bits per heavy atom. The number of hydrogen-bond acceptors (Lipinski definition) is 2. The molecule has 0 heterocycles. The molecule has 5 heteroatoms. The highest BCUT2D eigenvalue weighted by atomic mass is 127. The molecule has 2 aromatic carbocycles. The number of guanidine groups is 1. The molecule has 23 heavy (non-hydrogen) atoms. The van der Waals surface area contributed by atoms with Crippen LogP contribution >= 0.6 is 24.0 Å². The van der Waals surface area contributed by atoms with Crippen molar-refractivity contribution in [3.8, 4) is 5.75 Å². The minimum absolute atomic E-state index is 0. The van der Waals surface area contributed by atoms with Crippen molar-refractivity contribution in [2.75, 3.05) is 18.5 Å². The first kappa shape index (κ1) is 19.3. The van der Waals surface area contributed by atoms with E-state index in [-0.39, 0.29) is 24.0 Å². The molecular formula is C18H24IN3O. The lowest BCUT2D eigenvalue weighted by atomic mass is 10.1. The number of nitrogens with one attached hydrogen (secondary N) is 1. The van der Waals surface area contributed by atoms with Crippen LogP contribution in [0, 0.1) is 20.8 Å². The molecule has 0 aliphatic carbocycles. The molecule has 0 aliphatic rings. The van der Waals surface area contributed by atoms with Gasteiger partial charge in [-0.3, -0.25) is 0 Å². The molecule has 0 fully saturated rings. The van der Waals surface area contributed by atoms with Crippen LogP contribution in [0.25, 0.3) is 0 Å². The van der Waals surface area contributed by atoms with Gasteiger partial charge in [0.1, 0.15) is 12.4 Å². The second-order valence-corrected chi connectivity index (χ2v) is 5.43. The number of rotatable bonds is 5. The van der Waals surface area contributed by atoms with Gasteiger partial charge in [0.2, 0.25) is 0 Å². The van der Waals surface area contributed by atoms with E-state index in [1.165, 1.54) is 16.7 Å². The molecule has 0 amide bonds. The zero-order valence-corrected chi connectivity index (χ0v) is 16.1. The highest BCUT2D eigenvalue weighted by Crippen LogP contribution is 2.15. The van der Waals surface area contributed by atoms with Crippen LogP contribution < -0.4 is 15.8 Å². The van der Waals surface area contributed by atoms with Gasteiger partial charge in [-0.2, -0.15) is 0 Å². The molecular weight excluding hydrogens is 401 g/mol. The lowest BCUT2D eigenvalue weighted by molar-refractivity contribution is 0.328. The summed E-state index contributed by atoms with van der Waals surface area (Å²) in [6.45, 7) is 7.17. The monoisotopic (exact) mass is 425 g/mol. The number of anilines is 1. The second kappa shape index (κ2) is 9.39. The fourth-order valence-corrected chi connectivity index (χ4v) is 2.17. The van der Waals surface area contributed by atoms with Crippen molar-refractivity contribution in [3.63, 3.8) is 0 Å². The van der Waals surface area contributed by atoms with Crippen LogP contribution in [0.15, 0.2) is 47.5 Å². The number of benzene rings is 2. The van der Waals surface area contributed by atoms with E-state index in [0.717, 1.165) is 11.4 Å². The molecule has 0 aromatic heterocycles. The summed E-state index contributed by atoms with van der Waals surface area (Å²) in [7, 11) is 0. The number of ether oxygens (including phenoxy) is 1. The third kappa shape index (κ3) is 6.90. The van der Waals surface area contributed by atoms with Gasteiger partial charge in [0.25, 0.3) is 0 Å². The van der Waals surface area contributed by atoms with E-state index in [9.17, 15) is 0 Å². The molecule has 0 bridgehead atoms. The third-order valence-corrected chi connectivity index (χ3v) is 3.16. The summed E-state index contributed by atoms with van der Waals surface area (Å²) >= 11 is 0. The van der Waals surface area contributed by atoms with Crippen LogP contribution in [0.5, 0.6) is 5.75 Å². The maximum absolute atomic E-state index is 5.85. The number of hydrogen-bond donors (Lipinski definition) is 2. The first-order chi connectivity index (χ1) is 10.5. The predicted octanol–water partition coefficient (Wildman–Crippen LogP) is 4.04. The highest BCUT2D eigenvalue weighted by molar-refractivity contribution is 14.0. The Kier molecular flexibility index (Phi) is 7.88. The van der Waals surface area contributed by atoms with Gasteiger partial charge in [-0.1, -0.05) is 23.8 Å². The van der Waals surface area contributed by atoms with Crippen molar-refractivity contribution in [2.45, 2.75) is 20.8 Å². The molecule has 0 saturated carbocycles. The van der Waals surface area contributed by atoms with Crippen molar-refractivity contribution in [1.82, 2.24) is 0 Å². The smallest absolute Gasteiger partial charge is 0.193 e. The van der Waals surface area contributed by atoms with E-state index >= 15 is 0 Å². The fraction of sp³-hybridized carbons (Fsp3) is 0.278. The van der Waals surface area contributed by atoms with E-state index in [1.807, 2.05) is 43.3 Å². The normalized spacial score (nSPS) is 10.8. The highest BCUT2D eigenvalue weighted by Gasteiger charge is 1.98. The first-order valence-corrected chi connectivity index (χ1v) is 7.37. The largest absolute Gasteiger partial charge is 0.492 e. The Labute approximate surface area is 155 Å². The van der Waals surface area contributed by atoms with Gasteiger partial charge in [-0.15, -0.1) is 24.0 Å². The summed E-state index contributed by atoms with van der Waals surface area (Å²) in [5.74, 6) is 1.27. The Morgan fingerprint density at radius 1 is 1.00 bits per heavy atom. The molecule has 0 atom stereocenters. The van der Waals surface area contributed by atoms with Crippen molar-refractivity contribution in [1.29, 1.82) is 0 Å². The van der Waals surface area contributed by atoms with E-state index in [2.05, 4.69) is 30.2 Å². The van der Waals surface area contributed by atoms with Crippen molar-refractivity contribution >= 4 is 35.6 Å². The molecule has 0 spiro atoms. The number of halogens is 1. The summed E-state index contributed by atoms with van der Waals surface area (Å²) in [6, 6.07) is 14.2. The van der Waals surface area contributed by atoms with Gasteiger partial charge in [-0.05, 0) is 56.2 Å². The zero-order chi connectivity index (χ0) is 15.9. The van der Waals surface area contributed by atoms with Gasteiger partial charge < -0.3 is 15.8 Å². The maximum atomic E-state index is 5.85. The molecule has 4 nitrogen and oxygen atoms in total. The Hall–Kier alpha value is -1.76. The number of aryl methyl sites for hydroxylation is 3. The van der Waals surface area contributed by atoms with Gasteiger partial charge >= 0.3 is 0 Å². The van der Waals surface area contributed by atoms with E-state index < -0.39 is 0 Å². The molecule has 0 unspecified atom stereocenters. The quantitative estimate of drug-likeness (QED) is 0.329. The van der Waals surface area contributed by atoms with Gasteiger partial charge in [-0.25, -0.2) is 4.99 Å². The van der Waals surface area contributed by atoms with Crippen LogP contribution in [-0.4, -0.2) is 19.1 Å². The summed E-state index contributed by atoms with van der Waals surface area (Å²) in [5, 5.41) is 3.06. The Morgan fingerprint density at radius 2 is 1.61 bits per heavy atom. The maximum Gasteiger partial charge on any atom is 0.193 e. The average Bonchev–Trinajstić information content (AvgIpc) is 2.45. The van der Waals surface area contributed by atoms with Crippen LogP contribution in [0.4, 0.5) is 5.69 Å². The minimum atomic E-state index is 0. The standard InChI is InChI=1S/C18H23N3O.HI/c1-13-4-6-16(7-5-13)21-18(19)20-8-9-22-17-11-14(2)10-15(3)12-17;/h4-7,10-12H,8-9H2,1-3H3,(H3,19,20,21);1H. The average molecular weight is 425 g/mol. The Bertz CT molecular complexity index is 634. The lowest BCUT2D eigenvalue weighted by Crippen LogP contribution is -2.23. The number of nitrogens with two attached hydrogens (primary N) is 1. The first-order valence-electron chi connectivity index (χ1n) is 7.37. The molecule has 2 aromatic rings. The third-order valence-electron chi connectivity index (χ3n) is 3.16. The number of aliphatic imine (C=N–C) groups is 1. The molecule has 0 saturated heterocycles. The van der Waals surface area contributed by atoms with Crippen LogP contribution in [-0.2, 0) is 0 Å². The molecule has 2 rings (SSSR count). The topological polar surface area (TPSA) is 59.6 Å². The molecule has 0 radical (unpaired) electrons. The van der Waals surface area contributed by atoms with Crippen molar-refractivity contribution < 1.29 is 4.74 Å². The van der Waals surface area contributed by atoms with E-state index in [1.54, 1.807) is 0 Å². The summed E-state index contributed by atoms with van der Waals surface area (Å²) in [6.07, 6.45) is 0. The van der Waals surface area contributed by atoms with Crippen LogP contribution in [0.3, 0.4) is 0 Å². The molecule has 0 aliphatic heterocycles. The number of nitrogens with zero attached hydrogens (tertiary/aromatic N) is 1. The minimum Gasteiger partial charge on any atom is -0.492 e. The van der Waals surface area contributed by atoms with Gasteiger partial charge in [0.05, 0.1) is 6.54 Å². The summed E-state index contributed by atoms with van der Waals surface area (Å²) in [4.78, 5) is 4.26. The zero-order valence-electron chi connectivity index (χ0n) is 13.8. The van der Waals surface area contributed by atoms with Gasteiger partial charge in [0.15, 0.2) is 5.96 Å². The van der Waals surface area contributed by atoms with Gasteiger partial charge in [0, 0.05) is 5.69 Å². The molecule has 3 N–H and O–H groups in total. The summed E-state index contributed by atoms with van der Waals surface area (Å²) < 4.78 is 5.69. The van der Waals surface area contributed by atoms with Crippen LogP contribution in [0.2, 0.25) is 0 Å². The van der Waals surface area contributed by atoms with Crippen LogP contribution in [0.1, 0.15) is 16.7 Å². The molecule has 124 valence electrons. The lowest BCUT2D eigenvalue weighted by Gasteiger charge is -2.08. The Balaban J connectivity index is 0.00000264. The second-order valence-electron chi connectivity index (χ2n) is 5.43. The SMILES string of the molecule is Cc1ccc(NC(N)=NCCOc2cc(C)cc(C)c2)cc1.I. The predicted molar refractivity (Wildman–Crippen MR) is 108 cm³/mol. The fourth-order valence-electron chi connectivity index (χ4n) is 2.17. The van der Waals surface area contributed by atoms with Crippen molar-refractivity contribution in [3.05, 3.63) is 59.2 Å².